The minimum absolute atomic E-state index is 0.273. The van der Waals surface area contributed by atoms with Gasteiger partial charge in [-0.2, -0.15) is 18.2 Å². The van der Waals surface area contributed by atoms with E-state index in [2.05, 4.69) is 25.3 Å². The molecule has 0 aliphatic rings. The Morgan fingerprint density at radius 3 is 2.48 bits per heavy atom. The van der Waals surface area contributed by atoms with E-state index in [9.17, 15) is 22.4 Å². The van der Waals surface area contributed by atoms with Gasteiger partial charge in [-0.1, -0.05) is 17.3 Å². The van der Waals surface area contributed by atoms with Gasteiger partial charge >= 0.3 is 12.2 Å². The highest BCUT2D eigenvalue weighted by Crippen LogP contribution is 2.26. The average molecular weight is 332 g/mol. The summed E-state index contributed by atoms with van der Waals surface area (Å²) in [5, 5.41) is 7.54. The first-order valence-electron chi connectivity index (χ1n) is 6.50. The van der Waals surface area contributed by atoms with Crippen molar-refractivity contribution in [2.75, 3.05) is 6.54 Å². The summed E-state index contributed by atoms with van der Waals surface area (Å²) in [6.07, 6.45) is -4.22. The molecule has 0 saturated heterocycles. The predicted molar refractivity (Wildman–Crippen MR) is 69.6 cm³/mol. The molecule has 0 atom stereocenters. The smallest absolute Gasteiger partial charge is 0.338 e. The van der Waals surface area contributed by atoms with Crippen LogP contribution in [-0.2, 0) is 19.1 Å². The second-order valence-corrected chi connectivity index (χ2v) is 4.50. The molecular weight excluding hydrogens is 320 g/mol. The fourth-order valence-corrected chi connectivity index (χ4v) is 1.63. The number of nitrogens with zero attached hydrogens (tertiary/aromatic N) is 2. The van der Waals surface area contributed by atoms with Crippen molar-refractivity contribution in [1.82, 2.24) is 20.8 Å². The number of hydrogen-bond acceptors (Lipinski definition) is 4. The van der Waals surface area contributed by atoms with Gasteiger partial charge in [-0.3, -0.25) is 0 Å². The molecule has 0 aliphatic heterocycles. The normalized spacial score (nSPS) is 11.3. The first kappa shape index (κ1) is 16.7. The number of benzene rings is 1. The molecule has 124 valence electrons. The lowest BCUT2D eigenvalue weighted by Gasteiger charge is -2.06. The van der Waals surface area contributed by atoms with E-state index in [1.54, 1.807) is 12.1 Å². The van der Waals surface area contributed by atoms with Gasteiger partial charge in [0.05, 0.1) is 6.54 Å². The van der Waals surface area contributed by atoms with Crippen LogP contribution >= 0.6 is 0 Å². The SMILES string of the molecule is O=C(NCCc1ccc(F)cc1)NCc1nc(C(F)(F)F)no1. The van der Waals surface area contributed by atoms with Crippen molar-refractivity contribution >= 4 is 6.03 Å². The Hall–Kier alpha value is -2.65. The zero-order chi connectivity index (χ0) is 16.9. The van der Waals surface area contributed by atoms with Crippen LogP contribution in [0.2, 0.25) is 0 Å². The van der Waals surface area contributed by atoms with Crippen LogP contribution < -0.4 is 10.6 Å². The summed E-state index contributed by atoms with van der Waals surface area (Å²) in [5.74, 6) is -2.10. The zero-order valence-corrected chi connectivity index (χ0v) is 11.7. The minimum atomic E-state index is -4.70. The molecule has 0 fully saturated rings. The number of halogens is 4. The van der Waals surface area contributed by atoms with Crippen molar-refractivity contribution in [2.24, 2.45) is 0 Å². The van der Waals surface area contributed by atoms with E-state index in [0.29, 0.717) is 6.42 Å². The van der Waals surface area contributed by atoms with Crippen LogP contribution in [0.25, 0.3) is 0 Å². The quantitative estimate of drug-likeness (QED) is 0.823. The highest BCUT2D eigenvalue weighted by atomic mass is 19.4. The Balaban J connectivity index is 1.71. The van der Waals surface area contributed by atoms with Gasteiger partial charge in [0, 0.05) is 6.54 Å². The lowest BCUT2D eigenvalue weighted by atomic mass is 10.1. The molecule has 0 aliphatic carbocycles. The van der Waals surface area contributed by atoms with E-state index in [0.717, 1.165) is 5.56 Å². The zero-order valence-electron chi connectivity index (χ0n) is 11.7. The molecule has 0 unspecified atom stereocenters. The molecule has 1 heterocycles. The maximum Gasteiger partial charge on any atom is 0.455 e. The predicted octanol–water partition coefficient (Wildman–Crippen LogP) is 2.27. The van der Waals surface area contributed by atoms with Gasteiger partial charge < -0.3 is 15.2 Å². The van der Waals surface area contributed by atoms with E-state index in [1.807, 2.05) is 0 Å². The van der Waals surface area contributed by atoms with Crippen molar-refractivity contribution in [3.8, 4) is 0 Å². The molecule has 2 N–H and O–H groups in total. The van der Waals surface area contributed by atoms with Gasteiger partial charge in [-0.15, -0.1) is 0 Å². The van der Waals surface area contributed by atoms with Crippen LogP contribution in [0, 0.1) is 5.82 Å². The number of rotatable bonds is 5. The molecule has 1 aromatic heterocycles. The summed E-state index contributed by atoms with van der Waals surface area (Å²) < 4.78 is 53.8. The van der Waals surface area contributed by atoms with Crippen molar-refractivity contribution < 1.29 is 26.9 Å². The third-order valence-electron chi connectivity index (χ3n) is 2.73. The van der Waals surface area contributed by atoms with Gasteiger partial charge in [0.1, 0.15) is 5.82 Å². The summed E-state index contributed by atoms with van der Waals surface area (Å²) in [5.41, 5.74) is 0.832. The standard InChI is InChI=1S/C13H12F4N4O2/c14-9-3-1-8(2-4-9)5-6-18-12(22)19-7-10-20-11(21-23-10)13(15,16)17/h1-4H,5-7H2,(H2,18,19,22). The summed E-state index contributed by atoms with van der Waals surface area (Å²) in [7, 11) is 0. The van der Waals surface area contributed by atoms with Gasteiger partial charge in [0.15, 0.2) is 0 Å². The number of carbonyl (C=O) groups excluding carboxylic acids is 1. The van der Waals surface area contributed by atoms with Crippen LogP contribution in [-0.4, -0.2) is 22.7 Å². The van der Waals surface area contributed by atoms with E-state index >= 15 is 0 Å². The van der Waals surface area contributed by atoms with E-state index in [-0.39, 0.29) is 24.8 Å². The maximum atomic E-state index is 12.7. The third-order valence-corrected chi connectivity index (χ3v) is 2.73. The summed E-state index contributed by atoms with van der Waals surface area (Å²) in [4.78, 5) is 14.6. The second-order valence-electron chi connectivity index (χ2n) is 4.50. The number of carbonyl (C=O) groups is 1. The topological polar surface area (TPSA) is 80.0 Å². The molecule has 2 rings (SSSR count). The molecule has 0 saturated carbocycles. The second kappa shape index (κ2) is 7.07. The highest BCUT2D eigenvalue weighted by Gasteiger charge is 2.37. The Kier molecular flexibility index (Phi) is 5.14. The van der Waals surface area contributed by atoms with Gasteiger partial charge in [-0.25, -0.2) is 9.18 Å². The van der Waals surface area contributed by atoms with Crippen LogP contribution in [0.15, 0.2) is 28.8 Å². The monoisotopic (exact) mass is 332 g/mol. The third kappa shape index (κ3) is 5.24. The number of aromatic nitrogens is 2. The molecule has 6 nitrogen and oxygen atoms in total. The molecule has 2 amide bonds. The largest absolute Gasteiger partial charge is 0.455 e. The first-order chi connectivity index (χ1) is 10.8. The number of hydrogen-bond donors (Lipinski definition) is 2. The van der Waals surface area contributed by atoms with E-state index < -0.39 is 18.0 Å². The lowest BCUT2D eigenvalue weighted by molar-refractivity contribution is -0.146. The average Bonchev–Trinajstić information content (AvgIpc) is 2.96. The van der Waals surface area contributed by atoms with E-state index in [1.165, 1.54) is 12.1 Å². The number of alkyl halides is 3. The van der Waals surface area contributed by atoms with Crippen molar-refractivity contribution in [3.05, 3.63) is 47.4 Å². The van der Waals surface area contributed by atoms with E-state index in [4.69, 9.17) is 0 Å². The number of amides is 2. The van der Waals surface area contributed by atoms with Crippen LogP contribution in [0.5, 0.6) is 0 Å². The maximum absolute atomic E-state index is 12.7. The van der Waals surface area contributed by atoms with Gasteiger partial charge in [0.25, 0.3) is 5.82 Å². The first-order valence-corrected chi connectivity index (χ1v) is 6.50. The molecule has 0 radical (unpaired) electrons. The Labute approximate surface area is 127 Å². The summed E-state index contributed by atoms with van der Waals surface area (Å²) >= 11 is 0. The fraction of sp³-hybridized carbons (Fsp3) is 0.308. The molecule has 0 spiro atoms. The van der Waals surface area contributed by atoms with Gasteiger partial charge in [0.2, 0.25) is 5.89 Å². The van der Waals surface area contributed by atoms with Crippen molar-refractivity contribution in [3.63, 3.8) is 0 Å². The fourth-order valence-electron chi connectivity index (χ4n) is 1.63. The Morgan fingerprint density at radius 2 is 1.87 bits per heavy atom. The van der Waals surface area contributed by atoms with Gasteiger partial charge in [-0.05, 0) is 24.1 Å². The summed E-state index contributed by atoms with van der Waals surface area (Å²) in [6.45, 7) is -0.0550. The lowest BCUT2D eigenvalue weighted by Crippen LogP contribution is -2.36. The highest BCUT2D eigenvalue weighted by molar-refractivity contribution is 5.73. The molecule has 0 bridgehead atoms. The molecule has 23 heavy (non-hydrogen) atoms. The molecule has 1 aromatic carbocycles. The van der Waals surface area contributed by atoms with Crippen molar-refractivity contribution in [2.45, 2.75) is 19.1 Å². The number of nitrogens with one attached hydrogen (secondary N) is 2. The van der Waals surface area contributed by atoms with Crippen LogP contribution in [0.4, 0.5) is 22.4 Å². The number of urea groups is 1. The minimum Gasteiger partial charge on any atom is -0.338 e. The van der Waals surface area contributed by atoms with Crippen molar-refractivity contribution in [1.29, 1.82) is 0 Å². The Bertz CT molecular complexity index is 655. The molecule has 2 aromatic rings. The molecular formula is C13H12F4N4O2. The Morgan fingerprint density at radius 1 is 1.17 bits per heavy atom. The summed E-state index contributed by atoms with van der Waals surface area (Å²) in [6, 6.07) is 5.20. The molecule has 10 heteroatoms. The van der Waals surface area contributed by atoms with Crippen LogP contribution in [0.3, 0.4) is 0 Å². The van der Waals surface area contributed by atoms with Crippen LogP contribution in [0.1, 0.15) is 17.3 Å².